The first-order valence-electron chi connectivity index (χ1n) is 6.23. The van der Waals surface area contributed by atoms with Gasteiger partial charge >= 0.3 is 0 Å². The molecule has 0 unspecified atom stereocenters. The van der Waals surface area contributed by atoms with Gasteiger partial charge in [-0.1, -0.05) is 0 Å². The second kappa shape index (κ2) is 5.09. The first kappa shape index (κ1) is 13.7. The maximum absolute atomic E-state index is 12.4. The van der Waals surface area contributed by atoms with E-state index in [1.807, 2.05) is 0 Å². The highest BCUT2D eigenvalue weighted by atomic mass is 16.5. The van der Waals surface area contributed by atoms with E-state index in [1.54, 1.807) is 36.9 Å². The molecule has 1 amide bonds. The second-order valence-electron chi connectivity index (χ2n) is 5.08. The highest BCUT2D eigenvalue weighted by Crippen LogP contribution is 2.28. The summed E-state index contributed by atoms with van der Waals surface area (Å²) in [5.41, 5.74) is 0.0390. The summed E-state index contributed by atoms with van der Waals surface area (Å²) in [6.07, 6.45) is 0. The number of hydrogen-bond donors (Lipinski definition) is 1. The zero-order chi connectivity index (χ0) is 14.0. The van der Waals surface area contributed by atoms with Crippen molar-refractivity contribution >= 4 is 5.91 Å². The minimum Gasteiger partial charge on any atom is -0.508 e. The standard InChI is InChI=1S/C14H19NO4/c1-14(2,18-3)13(17)15-6-7-19-12-8-11(16)5-4-10(12)9-15/h4-5,8,16H,6-7,9H2,1-3H3. The van der Waals surface area contributed by atoms with Gasteiger partial charge in [0.25, 0.3) is 5.91 Å². The van der Waals surface area contributed by atoms with Crippen molar-refractivity contribution in [2.75, 3.05) is 20.3 Å². The van der Waals surface area contributed by atoms with Crippen LogP contribution in [0.3, 0.4) is 0 Å². The number of methoxy groups -OCH3 is 1. The molecular weight excluding hydrogens is 246 g/mol. The van der Waals surface area contributed by atoms with E-state index in [4.69, 9.17) is 9.47 Å². The lowest BCUT2D eigenvalue weighted by molar-refractivity contribution is -0.151. The van der Waals surface area contributed by atoms with Gasteiger partial charge in [0.1, 0.15) is 23.7 Å². The lowest BCUT2D eigenvalue weighted by Crippen LogP contribution is -2.46. The number of phenols is 1. The monoisotopic (exact) mass is 265 g/mol. The molecule has 0 aromatic heterocycles. The number of nitrogens with zero attached hydrogens (tertiary/aromatic N) is 1. The van der Waals surface area contributed by atoms with E-state index in [0.29, 0.717) is 25.4 Å². The molecule has 1 aliphatic heterocycles. The van der Waals surface area contributed by atoms with Gasteiger partial charge in [-0.3, -0.25) is 4.79 Å². The summed E-state index contributed by atoms with van der Waals surface area (Å²) in [7, 11) is 1.53. The summed E-state index contributed by atoms with van der Waals surface area (Å²) in [5, 5.41) is 9.44. The minimum absolute atomic E-state index is 0.0699. The predicted octanol–water partition coefficient (Wildman–Crippen LogP) is 1.54. The molecule has 0 saturated carbocycles. The first-order chi connectivity index (χ1) is 8.94. The van der Waals surface area contributed by atoms with Crippen LogP contribution in [0, 0.1) is 0 Å². The van der Waals surface area contributed by atoms with Crippen molar-refractivity contribution in [3.63, 3.8) is 0 Å². The van der Waals surface area contributed by atoms with E-state index >= 15 is 0 Å². The molecular formula is C14H19NO4. The fourth-order valence-corrected chi connectivity index (χ4v) is 2.00. The van der Waals surface area contributed by atoms with Gasteiger partial charge in [0, 0.05) is 25.3 Å². The number of amides is 1. The molecule has 1 aliphatic rings. The van der Waals surface area contributed by atoms with Crippen LogP contribution in [0.15, 0.2) is 18.2 Å². The van der Waals surface area contributed by atoms with Gasteiger partial charge < -0.3 is 19.5 Å². The highest BCUT2D eigenvalue weighted by Gasteiger charge is 2.33. The summed E-state index contributed by atoms with van der Waals surface area (Å²) in [6.45, 7) is 4.86. The molecule has 0 fully saturated rings. The van der Waals surface area contributed by atoms with Crippen LogP contribution in [0.5, 0.6) is 11.5 Å². The average Bonchev–Trinajstić information content (AvgIpc) is 2.59. The summed E-state index contributed by atoms with van der Waals surface area (Å²) in [5.74, 6) is 0.723. The summed E-state index contributed by atoms with van der Waals surface area (Å²) in [6, 6.07) is 4.94. The Balaban J connectivity index is 2.23. The Labute approximate surface area is 112 Å². The second-order valence-corrected chi connectivity index (χ2v) is 5.08. The molecule has 5 heteroatoms. The van der Waals surface area contributed by atoms with Crippen LogP contribution >= 0.6 is 0 Å². The number of ether oxygens (including phenoxy) is 2. The third-order valence-corrected chi connectivity index (χ3v) is 3.34. The van der Waals surface area contributed by atoms with Crippen LogP contribution in [0.25, 0.3) is 0 Å². The lowest BCUT2D eigenvalue weighted by atomic mass is 10.1. The van der Waals surface area contributed by atoms with E-state index in [1.165, 1.54) is 7.11 Å². The maximum Gasteiger partial charge on any atom is 0.254 e. The number of benzene rings is 1. The zero-order valence-electron chi connectivity index (χ0n) is 11.5. The van der Waals surface area contributed by atoms with Gasteiger partial charge in [0.05, 0.1) is 6.54 Å². The van der Waals surface area contributed by atoms with E-state index in [2.05, 4.69) is 0 Å². The van der Waals surface area contributed by atoms with Crippen LogP contribution in [0.1, 0.15) is 19.4 Å². The Kier molecular flexibility index (Phi) is 3.66. The predicted molar refractivity (Wildman–Crippen MR) is 70.1 cm³/mol. The van der Waals surface area contributed by atoms with Crippen LogP contribution in [0.2, 0.25) is 0 Å². The number of carbonyl (C=O) groups is 1. The molecule has 0 aliphatic carbocycles. The Morgan fingerprint density at radius 2 is 2.21 bits per heavy atom. The van der Waals surface area contributed by atoms with Gasteiger partial charge in [-0.2, -0.15) is 0 Å². The third kappa shape index (κ3) is 2.81. The Bertz CT molecular complexity index is 484. The molecule has 0 radical (unpaired) electrons. The molecule has 0 bridgehead atoms. The topological polar surface area (TPSA) is 59.0 Å². The van der Waals surface area contributed by atoms with Crippen LogP contribution < -0.4 is 4.74 Å². The van der Waals surface area contributed by atoms with Crippen LogP contribution in [-0.2, 0) is 16.1 Å². The normalized spacial score (nSPS) is 15.4. The molecule has 1 heterocycles. The van der Waals surface area contributed by atoms with Gasteiger partial charge in [0.15, 0.2) is 0 Å². The van der Waals surface area contributed by atoms with Crippen molar-refractivity contribution in [2.24, 2.45) is 0 Å². The molecule has 5 nitrogen and oxygen atoms in total. The van der Waals surface area contributed by atoms with E-state index in [9.17, 15) is 9.90 Å². The number of carbonyl (C=O) groups excluding carboxylic acids is 1. The highest BCUT2D eigenvalue weighted by molar-refractivity contribution is 5.84. The Morgan fingerprint density at radius 3 is 2.89 bits per heavy atom. The van der Waals surface area contributed by atoms with Crippen molar-refractivity contribution in [1.29, 1.82) is 0 Å². The van der Waals surface area contributed by atoms with Gasteiger partial charge in [-0.25, -0.2) is 0 Å². The fourth-order valence-electron chi connectivity index (χ4n) is 2.00. The van der Waals surface area contributed by atoms with E-state index in [-0.39, 0.29) is 11.7 Å². The third-order valence-electron chi connectivity index (χ3n) is 3.34. The summed E-state index contributed by atoms with van der Waals surface area (Å²) >= 11 is 0. The minimum atomic E-state index is -0.846. The zero-order valence-corrected chi connectivity index (χ0v) is 11.5. The van der Waals surface area contributed by atoms with Crippen LogP contribution in [0.4, 0.5) is 0 Å². The molecule has 0 saturated heterocycles. The van der Waals surface area contributed by atoms with Gasteiger partial charge in [-0.05, 0) is 26.0 Å². The summed E-state index contributed by atoms with van der Waals surface area (Å²) < 4.78 is 10.8. The smallest absolute Gasteiger partial charge is 0.254 e. The molecule has 1 aromatic carbocycles. The Hall–Kier alpha value is -1.75. The van der Waals surface area contributed by atoms with Crippen molar-refractivity contribution in [3.8, 4) is 11.5 Å². The summed E-state index contributed by atoms with van der Waals surface area (Å²) in [4.78, 5) is 14.1. The molecule has 0 spiro atoms. The largest absolute Gasteiger partial charge is 0.508 e. The molecule has 1 N–H and O–H groups in total. The Morgan fingerprint density at radius 1 is 1.47 bits per heavy atom. The molecule has 0 atom stereocenters. The van der Waals surface area contributed by atoms with Crippen molar-refractivity contribution in [3.05, 3.63) is 23.8 Å². The van der Waals surface area contributed by atoms with Crippen molar-refractivity contribution in [2.45, 2.75) is 26.0 Å². The number of rotatable bonds is 2. The molecule has 19 heavy (non-hydrogen) atoms. The molecule has 1 aromatic rings. The van der Waals surface area contributed by atoms with Crippen molar-refractivity contribution in [1.82, 2.24) is 4.90 Å². The number of fused-ring (bicyclic) bond motifs is 1. The SMILES string of the molecule is COC(C)(C)C(=O)N1CCOc2cc(O)ccc2C1. The number of aromatic hydroxyl groups is 1. The van der Waals surface area contributed by atoms with Gasteiger partial charge in [-0.15, -0.1) is 0 Å². The van der Waals surface area contributed by atoms with E-state index in [0.717, 1.165) is 5.56 Å². The molecule has 104 valence electrons. The van der Waals surface area contributed by atoms with Gasteiger partial charge in [0.2, 0.25) is 0 Å². The number of hydrogen-bond acceptors (Lipinski definition) is 4. The quantitative estimate of drug-likeness (QED) is 0.881. The maximum atomic E-state index is 12.4. The molecule has 2 rings (SSSR count). The fraction of sp³-hybridized carbons (Fsp3) is 0.500. The lowest BCUT2D eigenvalue weighted by Gasteiger charge is -2.29. The van der Waals surface area contributed by atoms with Crippen LogP contribution in [-0.4, -0.2) is 41.8 Å². The van der Waals surface area contributed by atoms with E-state index < -0.39 is 5.60 Å². The van der Waals surface area contributed by atoms with Crippen molar-refractivity contribution < 1.29 is 19.4 Å². The first-order valence-corrected chi connectivity index (χ1v) is 6.23. The number of phenolic OH excluding ortho intramolecular Hbond substituents is 1. The average molecular weight is 265 g/mol.